The van der Waals surface area contributed by atoms with Crippen LogP contribution in [-0.4, -0.2) is 6.61 Å². The normalized spacial score (nSPS) is 14.3. The van der Waals surface area contributed by atoms with Crippen molar-refractivity contribution in [2.45, 2.75) is 72.3 Å². The Kier molecular flexibility index (Phi) is 5.60. The molecule has 0 unspecified atom stereocenters. The predicted octanol–water partition coefficient (Wildman–Crippen LogP) is 6.81. The molecule has 1 aliphatic rings. The first kappa shape index (κ1) is 18.8. The Balaban J connectivity index is 2.12. The number of aryl methyl sites for hydroxylation is 2. The van der Waals surface area contributed by atoms with Gasteiger partial charge in [0, 0.05) is 5.56 Å². The molecule has 0 amide bonds. The molecule has 0 aliphatic carbocycles. The van der Waals surface area contributed by atoms with Crippen molar-refractivity contribution in [1.82, 2.24) is 0 Å². The molecule has 0 saturated carbocycles. The molecule has 2 nitrogen and oxygen atoms in total. The van der Waals surface area contributed by atoms with E-state index in [1.54, 1.807) is 0 Å². The molecule has 0 radical (unpaired) electrons. The minimum absolute atomic E-state index is 0.333. The predicted molar refractivity (Wildman–Crippen MR) is 109 cm³/mol. The zero-order chi connectivity index (χ0) is 18.7. The first-order valence-corrected chi connectivity index (χ1v) is 10.1. The summed E-state index contributed by atoms with van der Waals surface area (Å²) in [5.41, 5.74) is 5.85. The van der Waals surface area contributed by atoms with Crippen molar-refractivity contribution in [3.63, 3.8) is 0 Å². The van der Waals surface area contributed by atoms with Gasteiger partial charge in [0.15, 0.2) is 0 Å². The van der Waals surface area contributed by atoms with Gasteiger partial charge in [-0.1, -0.05) is 50.5 Å². The van der Waals surface area contributed by atoms with E-state index in [2.05, 4.69) is 65.0 Å². The molecule has 0 N–H and O–H groups in total. The SMILES string of the molecule is CCCCCc1cc(OCCC)c2c(c1)OC(C)(C)c1ccc(C)cc1-2. The van der Waals surface area contributed by atoms with Gasteiger partial charge in [-0.25, -0.2) is 0 Å². The highest BCUT2D eigenvalue weighted by Gasteiger charge is 2.34. The molecule has 2 heteroatoms. The number of rotatable bonds is 7. The molecule has 1 aliphatic heterocycles. The van der Waals surface area contributed by atoms with Crippen LogP contribution in [0.25, 0.3) is 11.1 Å². The Morgan fingerprint density at radius 2 is 1.81 bits per heavy atom. The van der Waals surface area contributed by atoms with E-state index in [1.165, 1.54) is 41.5 Å². The van der Waals surface area contributed by atoms with Crippen LogP contribution < -0.4 is 9.47 Å². The summed E-state index contributed by atoms with van der Waals surface area (Å²) in [4.78, 5) is 0. The van der Waals surface area contributed by atoms with Crippen LogP contribution in [0.5, 0.6) is 11.5 Å². The van der Waals surface area contributed by atoms with Crippen molar-refractivity contribution < 1.29 is 9.47 Å². The van der Waals surface area contributed by atoms with Crippen molar-refractivity contribution in [1.29, 1.82) is 0 Å². The fourth-order valence-corrected chi connectivity index (χ4v) is 3.76. The summed E-state index contributed by atoms with van der Waals surface area (Å²) in [6, 6.07) is 11.1. The second-order valence-electron chi connectivity index (χ2n) is 7.93. The second-order valence-corrected chi connectivity index (χ2v) is 7.93. The highest BCUT2D eigenvalue weighted by atomic mass is 16.5. The molecule has 0 spiro atoms. The monoisotopic (exact) mass is 352 g/mol. The molecule has 0 aromatic heterocycles. The average Bonchev–Trinajstić information content (AvgIpc) is 2.58. The van der Waals surface area contributed by atoms with Crippen LogP contribution in [0.15, 0.2) is 30.3 Å². The van der Waals surface area contributed by atoms with Crippen LogP contribution in [-0.2, 0) is 12.0 Å². The van der Waals surface area contributed by atoms with Gasteiger partial charge < -0.3 is 9.47 Å². The maximum absolute atomic E-state index is 6.47. The van der Waals surface area contributed by atoms with Gasteiger partial charge in [-0.2, -0.15) is 0 Å². The first-order chi connectivity index (χ1) is 12.5. The quantitative estimate of drug-likeness (QED) is 0.509. The molecule has 0 saturated heterocycles. The van der Waals surface area contributed by atoms with Crippen LogP contribution in [0.2, 0.25) is 0 Å². The number of ether oxygens (including phenoxy) is 2. The minimum atomic E-state index is -0.333. The third-order valence-corrected chi connectivity index (χ3v) is 5.11. The number of benzene rings is 2. The Morgan fingerprint density at radius 1 is 1.00 bits per heavy atom. The van der Waals surface area contributed by atoms with E-state index in [-0.39, 0.29) is 5.60 Å². The van der Waals surface area contributed by atoms with Gasteiger partial charge in [0.05, 0.1) is 12.2 Å². The van der Waals surface area contributed by atoms with E-state index < -0.39 is 0 Å². The Hall–Kier alpha value is -1.96. The van der Waals surface area contributed by atoms with Gasteiger partial charge in [0.25, 0.3) is 0 Å². The van der Waals surface area contributed by atoms with E-state index >= 15 is 0 Å². The molecule has 3 rings (SSSR count). The Morgan fingerprint density at radius 3 is 2.54 bits per heavy atom. The summed E-state index contributed by atoms with van der Waals surface area (Å²) >= 11 is 0. The topological polar surface area (TPSA) is 18.5 Å². The summed E-state index contributed by atoms with van der Waals surface area (Å²) < 4.78 is 12.7. The molecule has 2 aromatic carbocycles. The third-order valence-electron chi connectivity index (χ3n) is 5.11. The molecule has 1 heterocycles. The lowest BCUT2D eigenvalue weighted by Crippen LogP contribution is -2.29. The van der Waals surface area contributed by atoms with Crippen molar-refractivity contribution in [2.75, 3.05) is 6.61 Å². The van der Waals surface area contributed by atoms with Crippen molar-refractivity contribution in [2.24, 2.45) is 0 Å². The van der Waals surface area contributed by atoms with Crippen LogP contribution in [0, 0.1) is 6.92 Å². The summed E-state index contributed by atoms with van der Waals surface area (Å²) in [5.74, 6) is 1.94. The van der Waals surface area contributed by atoms with Crippen LogP contribution >= 0.6 is 0 Å². The number of hydrogen-bond donors (Lipinski definition) is 0. The molecule has 26 heavy (non-hydrogen) atoms. The van der Waals surface area contributed by atoms with Crippen molar-refractivity contribution in [3.05, 3.63) is 47.0 Å². The summed E-state index contributed by atoms with van der Waals surface area (Å²) in [5, 5.41) is 0. The fourth-order valence-electron chi connectivity index (χ4n) is 3.76. The summed E-state index contributed by atoms with van der Waals surface area (Å²) in [6.45, 7) is 11.6. The fraction of sp³-hybridized carbons (Fsp3) is 0.500. The van der Waals surface area contributed by atoms with E-state index in [0.29, 0.717) is 0 Å². The minimum Gasteiger partial charge on any atom is -0.493 e. The standard InChI is InChI=1S/C24H32O2/c1-6-8-9-10-18-15-21(25-13-7-2)23-19-14-17(3)11-12-20(19)24(4,5)26-22(23)16-18/h11-12,14-16H,6-10,13H2,1-5H3. The molecule has 0 bridgehead atoms. The van der Waals surface area contributed by atoms with Gasteiger partial charge in [0.2, 0.25) is 0 Å². The summed E-state index contributed by atoms with van der Waals surface area (Å²) in [7, 11) is 0. The Bertz CT molecular complexity index is 774. The zero-order valence-corrected chi connectivity index (χ0v) is 16.9. The number of hydrogen-bond acceptors (Lipinski definition) is 2. The van der Waals surface area contributed by atoms with E-state index in [9.17, 15) is 0 Å². The molecule has 0 fully saturated rings. The molecule has 2 aromatic rings. The lowest BCUT2D eigenvalue weighted by molar-refractivity contribution is 0.105. The lowest BCUT2D eigenvalue weighted by atomic mass is 9.84. The maximum Gasteiger partial charge on any atom is 0.132 e. The molecule has 0 atom stereocenters. The highest BCUT2D eigenvalue weighted by Crippen LogP contribution is 2.50. The van der Waals surface area contributed by atoms with Crippen molar-refractivity contribution >= 4 is 0 Å². The van der Waals surface area contributed by atoms with Crippen LogP contribution in [0.3, 0.4) is 0 Å². The smallest absolute Gasteiger partial charge is 0.132 e. The van der Waals surface area contributed by atoms with Gasteiger partial charge in [-0.15, -0.1) is 0 Å². The van der Waals surface area contributed by atoms with E-state index in [4.69, 9.17) is 9.47 Å². The second kappa shape index (κ2) is 7.73. The van der Waals surface area contributed by atoms with Gasteiger partial charge >= 0.3 is 0 Å². The zero-order valence-electron chi connectivity index (χ0n) is 16.9. The molecular weight excluding hydrogens is 320 g/mol. The van der Waals surface area contributed by atoms with Gasteiger partial charge in [-0.05, 0) is 63.3 Å². The molecular formula is C24H32O2. The highest BCUT2D eigenvalue weighted by molar-refractivity contribution is 5.82. The Labute approximate surface area is 158 Å². The van der Waals surface area contributed by atoms with Crippen LogP contribution in [0.4, 0.5) is 0 Å². The van der Waals surface area contributed by atoms with Gasteiger partial charge in [-0.3, -0.25) is 0 Å². The lowest BCUT2D eigenvalue weighted by Gasteiger charge is -2.36. The first-order valence-electron chi connectivity index (χ1n) is 10.1. The average molecular weight is 353 g/mol. The van der Waals surface area contributed by atoms with Crippen molar-refractivity contribution in [3.8, 4) is 22.6 Å². The molecule has 140 valence electrons. The number of unbranched alkanes of at least 4 members (excludes halogenated alkanes) is 2. The van der Waals surface area contributed by atoms with Gasteiger partial charge in [0.1, 0.15) is 17.1 Å². The van der Waals surface area contributed by atoms with E-state index in [1.807, 2.05) is 0 Å². The summed E-state index contributed by atoms with van der Waals surface area (Å²) in [6.07, 6.45) is 5.79. The largest absolute Gasteiger partial charge is 0.493 e. The maximum atomic E-state index is 6.47. The third kappa shape index (κ3) is 3.75. The number of fused-ring (bicyclic) bond motifs is 3. The van der Waals surface area contributed by atoms with E-state index in [0.717, 1.165) is 36.5 Å². The van der Waals surface area contributed by atoms with Crippen LogP contribution in [0.1, 0.15) is 70.1 Å².